The van der Waals surface area contributed by atoms with Crippen LogP contribution in [0.4, 0.5) is 31.8 Å². The maximum atomic E-state index is 13.9. The lowest BCUT2D eigenvalue weighted by atomic mass is 10.2. The zero-order valence-electron chi connectivity index (χ0n) is 16.0. The van der Waals surface area contributed by atoms with Gasteiger partial charge in [0.05, 0.1) is 12.8 Å². The van der Waals surface area contributed by atoms with E-state index in [4.69, 9.17) is 4.74 Å². The van der Waals surface area contributed by atoms with Crippen LogP contribution in [0.1, 0.15) is 0 Å². The molecule has 6 nitrogen and oxygen atoms in total. The Morgan fingerprint density at radius 2 is 1.62 bits per heavy atom. The molecule has 0 spiro atoms. The van der Waals surface area contributed by atoms with Crippen LogP contribution in [0.15, 0.2) is 54.9 Å². The zero-order valence-corrected chi connectivity index (χ0v) is 16.0. The largest absolute Gasteiger partial charge is 0.497 e. The molecule has 0 atom stereocenters. The van der Waals surface area contributed by atoms with Gasteiger partial charge in [0.2, 0.25) is 0 Å². The molecule has 2 aromatic carbocycles. The number of benzene rings is 2. The number of anilines is 4. The number of methoxy groups -OCH3 is 1. The molecule has 1 N–H and O–H groups in total. The van der Waals surface area contributed by atoms with E-state index in [1.54, 1.807) is 13.2 Å². The molecular weight excluding hydrogens is 376 g/mol. The van der Waals surface area contributed by atoms with Crippen LogP contribution in [-0.2, 0) is 0 Å². The van der Waals surface area contributed by atoms with Crippen molar-refractivity contribution in [1.82, 2.24) is 9.97 Å². The third-order valence-corrected chi connectivity index (χ3v) is 4.89. The number of halogens is 2. The van der Waals surface area contributed by atoms with Gasteiger partial charge in [-0.1, -0.05) is 0 Å². The number of nitrogens with one attached hydrogen (secondary N) is 1. The second-order valence-electron chi connectivity index (χ2n) is 6.68. The van der Waals surface area contributed by atoms with E-state index in [-0.39, 0.29) is 5.69 Å². The topological polar surface area (TPSA) is 53.5 Å². The summed E-state index contributed by atoms with van der Waals surface area (Å²) in [6.07, 6.45) is 1.44. The Hall–Kier alpha value is -3.42. The molecule has 1 saturated heterocycles. The van der Waals surface area contributed by atoms with E-state index in [2.05, 4.69) is 37.2 Å². The first kappa shape index (κ1) is 18.9. The van der Waals surface area contributed by atoms with Gasteiger partial charge in [0.1, 0.15) is 35.3 Å². The maximum Gasteiger partial charge on any atom is 0.149 e. The predicted octanol–water partition coefficient (Wildman–Crippen LogP) is 3.83. The lowest BCUT2D eigenvalue weighted by molar-refractivity contribution is 0.415. The van der Waals surface area contributed by atoms with Crippen LogP contribution in [0.3, 0.4) is 0 Å². The highest BCUT2D eigenvalue weighted by Crippen LogP contribution is 2.24. The zero-order chi connectivity index (χ0) is 20.2. The summed E-state index contributed by atoms with van der Waals surface area (Å²) in [6.45, 7) is 3.30. The van der Waals surface area contributed by atoms with Gasteiger partial charge < -0.3 is 19.9 Å². The molecule has 8 heteroatoms. The highest BCUT2D eigenvalue weighted by atomic mass is 19.1. The Labute approximate surface area is 167 Å². The van der Waals surface area contributed by atoms with Crippen LogP contribution in [0.5, 0.6) is 5.75 Å². The van der Waals surface area contributed by atoms with E-state index in [1.807, 2.05) is 12.1 Å². The molecular formula is C21H21F2N5O. The van der Waals surface area contributed by atoms with Crippen molar-refractivity contribution in [1.29, 1.82) is 0 Å². The summed E-state index contributed by atoms with van der Waals surface area (Å²) in [6, 6.07) is 13.2. The molecule has 0 aliphatic carbocycles. The third-order valence-electron chi connectivity index (χ3n) is 4.89. The fraction of sp³-hybridized carbons (Fsp3) is 0.238. The Morgan fingerprint density at radius 1 is 0.897 bits per heavy atom. The van der Waals surface area contributed by atoms with Gasteiger partial charge in [0.15, 0.2) is 0 Å². The lowest BCUT2D eigenvalue weighted by Gasteiger charge is -2.36. The lowest BCUT2D eigenvalue weighted by Crippen LogP contribution is -2.46. The summed E-state index contributed by atoms with van der Waals surface area (Å²) >= 11 is 0. The summed E-state index contributed by atoms with van der Waals surface area (Å²) in [5, 5.41) is 2.88. The first-order valence-electron chi connectivity index (χ1n) is 9.30. The minimum Gasteiger partial charge on any atom is -0.497 e. The smallest absolute Gasteiger partial charge is 0.149 e. The maximum absolute atomic E-state index is 13.9. The molecule has 2 heterocycles. The van der Waals surface area contributed by atoms with E-state index < -0.39 is 11.6 Å². The first-order valence-corrected chi connectivity index (χ1v) is 9.30. The standard InChI is InChI=1S/C21H21F2N5O/c1-29-17-5-3-16(4-6-17)27-8-10-28(11-9-27)21-13-20(24-14-25-21)26-19-7-2-15(22)12-18(19)23/h2-7,12-14H,8-11H2,1H3,(H,24,25,26). The van der Waals surface area contributed by atoms with Crippen LogP contribution >= 0.6 is 0 Å². The van der Waals surface area contributed by atoms with Crippen LogP contribution < -0.4 is 19.9 Å². The molecule has 0 bridgehead atoms. The van der Waals surface area contributed by atoms with Gasteiger partial charge in [-0.05, 0) is 36.4 Å². The van der Waals surface area contributed by atoms with E-state index in [0.717, 1.165) is 49.5 Å². The van der Waals surface area contributed by atoms with Crippen molar-refractivity contribution in [2.75, 3.05) is 48.4 Å². The molecule has 150 valence electrons. The molecule has 0 saturated carbocycles. The van der Waals surface area contributed by atoms with Crippen molar-refractivity contribution >= 4 is 23.0 Å². The van der Waals surface area contributed by atoms with Crippen LogP contribution in [-0.4, -0.2) is 43.3 Å². The number of hydrogen-bond donors (Lipinski definition) is 1. The number of rotatable bonds is 5. The van der Waals surface area contributed by atoms with E-state index >= 15 is 0 Å². The summed E-state index contributed by atoms with van der Waals surface area (Å²) in [7, 11) is 1.66. The van der Waals surface area contributed by atoms with Gasteiger partial charge in [-0.2, -0.15) is 0 Å². The van der Waals surface area contributed by atoms with Crippen LogP contribution in [0, 0.1) is 11.6 Å². The molecule has 3 aromatic rings. The summed E-state index contributed by atoms with van der Waals surface area (Å²) in [4.78, 5) is 13.0. The van der Waals surface area contributed by atoms with Crippen molar-refractivity contribution in [3.8, 4) is 5.75 Å². The molecule has 0 unspecified atom stereocenters. The van der Waals surface area contributed by atoms with Gasteiger partial charge in [-0.25, -0.2) is 18.7 Å². The summed E-state index contributed by atoms with van der Waals surface area (Å²) < 4.78 is 32.2. The number of hydrogen-bond acceptors (Lipinski definition) is 6. The van der Waals surface area contributed by atoms with Crippen LogP contribution in [0.2, 0.25) is 0 Å². The van der Waals surface area contributed by atoms with E-state index in [1.165, 1.54) is 18.5 Å². The van der Waals surface area contributed by atoms with Gasteiger partial charge in [-0.3, -0.25) is 0 Å². The van der Waals surface area contributed by atoms with Crippen molar-refractivity contribution < 1.29 is 13.5 Å². The van der Waals surface area contributed by atoms with E-state index in [0.29, 0.717) is 5.82 Å². The fourth-order valence-electron chi connectivity index (χ4n) is 3.30. The second-order valence-corrected chi connectivity index (χ2v) is 6.68. The van der Waals surface area contributed by atoms with E-state index in [9.17, 15) is 8.78 Å². The molecule has 0 radical (unpaired) electrons. The molecule has 1 aliphatic heterocycles. The highest BCUT2D eigenvalue weighted by molar-refractivity contribution is 5.60. The van der Waals surface area contributed by atoms with Gasteiger partial charge in [-0.15, -0.1) is 0 Å². The molecule has 29 heavy (non-hydrogen) atoms. The number of nitrogens with zero attached hydrogens (tertiary/aromatic N) is 4. The normalized spacial score (nSPS) is 14.0. The van der Waals surface area contributed by atoms with Crippen molar-refractivity contribution in [2.24, 2.45) is 0 Å². The SMILES string of the molecule is COc1ccc(N2CCN(c3cc(Nc4ccc(F)cc4F)ncn3)CC2)cc1. The average molecular weight is 397 g/mol. The minimum absolute atomic E-state index is 0.167. The monoisotopic (exact) mass is 397 g/mol. The third kappa shape index (κ3) is 4.37. The predicted molar refractivity (Wildman–Crippen MR) is 109 cm³/mol. The van der Waals surface area contributed by atoms with Crippen LogP contribution in [0.25, 0.3) is 0 Å². The van der Waals surface area contributed by atoms with Crippen molar-refractivity contribution in [3.05, 3.63) is 66.5 Å². The first-order chi connectivity index (χ1) is 14.1. The molecule has 0 amide bonds. The molecule has 1 aromatic heterocycles. The summed E-state index contributed by atoms with van der Waals surface area (Å²) in [5.41, 5.74) is 1.32. The van der Waals surface area contributed by atoms with Gasteiger partial charge in [0.25, 0.3) is 0 Å². The molecule has 4 rings (SSSR count). The Kier molecular flexibility index (Phi) is 5.41. The van der Waals surface area contributed by atoms with Gasteiger partial charge >= 0.3 is 0 Å². The van der Waals surface area contributed by atoms with Crippen molar-refractivity contribution in [3.63, 3.8) is 0 Å². The number of piperazine rings is 1. The fourth-order valence-corrected chi connectivity index (χ4v) is 3.30. The minimum atomic E-state index is -0.668. The Bertz CT molecular complexity index is 975. The van der Waals surface area contributed by atoms with Crippen molar-refractivity contribution in [2.45, 2.75) is 0 Å². The molecule has 1 fully saturated rings. The highest BCUT2D eigenvalue weighted by Gasteiger charge is 2.19. The Morgan fingerprint density at radius 3 is 2.31 bits per heavy atom. The average Bonchev–Trinajstić information content (AvgIpc) is 2.76. The van der Waals surface area contributed by atoms with Gasteiger partial charge in [0, 0.05) is 44.0 Å². The Balaban J connectivity index is 1.41. The second kappa shape index (κ2) is 8.30. The summed E-state index contributed by atoms with van der Waals surface area (Å²) in [5.74, 6) is 0.771. The quantitative estimate of drug-likeness (QED) is 0.706. The number of aromatic nitrogens is 2. The molecule has 1 aliphatic rings. The number of ether oxygens (including phenoxy) is 1.